The average molecular weight is 787 g/mol. The molecule has 0 amide bonds. The van der Waals surface area contributed by atoms with E-state index < -0.39 is 11.8 Å². The molecule has 324 valence electrons. The Balaban J connectivity index is 4.66. The van der Waals surface area contributed by atoms with E-state index in [-0.39, 0.29) is 11.6 Å². The number of carbonyl (C=O) groups excluding carboxylic acids is 3. The van der Waals surface area contributed by atoms with Crippen LogP contribution in [0, 0.1) is 11.8 Å². The normalized spacial score (nSPS) is 13.6. The van der Waals surface area contributed by atoms with Gasteiger partial charge in [-0.3, -0.25) is 9.59 Å². The smallest absolute Gasteiger partial charge is 0.153 e. The molecule has 2 unspecified atom stereocenters. The van der Waals surface area contributed by atoms with Crippen molar-refractivity contribution in [3.8, 4) is 0 Å². The zero-order chi connectivity index (χ0) is 41.5. The van der Waals surface area contributed by atoms with Crippen LogP contribution < -0.4 is 0 Å². The third kappa shape index (κ3) is 38.5. The Morgan fingerprint density at radius 2 is 0.737 bits per heavy atom. The van der Waals surface area contributed by atoms with Crippen molar-refractivity contribution in [1.29, 1.82) is 0 Å². The Labute approximate surface area is 354 Å². The molecule has 0 aliphatic rings. The molecule has 0 aliphatic carbocycles. The predicted octanol–water partition coefficient (Wildman–Crippen LogP) is 17.0. The quantitative estimate of drug-likeness (QED) is 0.0268. The van der Waals surface area contributed by atoms with Crippen LogP contribution in [-0.2, 0) is 14.4 Å². The first-order valence-electron chi connectivity index (χ1n) is 24.2. The van der Waals surface area contributed by atoms with E-state index in [1.165, 1.54) is 64.2 Å². The van der Waals surface area contributed by atoms with Crippen molar-refractivity contribution in [2.24, 2.45) is 11.8 Å². The van der Waals surface area contributed by atoms with E-state index in [9.17, 15) is 14.4 Å². The molecular weight excluding hydrogens is 697 g/mol. The molecule has 0 saturated carbocycles. The summed E-state index contributed by atoms with van der Waals surface area (Å²) < 4.78 is 0. The van der Waals surface area contributed by atoms with Gasteiger partial charge in [-0.25, -0.2) is 0 Å². The van der Waals surface area contributed by atoms with Crippen LogP contribution >= 0.6 is 0 Å². The molecule has 0 fully saturated rings. The molecule has 3 nitrogen and oxygen atoms in total. The van der Waals surface area contributed by atoms with E-state index in [0.29, 0.717) is 19.3 Å². The third-order valence-corrected chi connectivity index (χ3v) is 10.8. The summed E-state index contributed by atoms with van der Waals surface area (Å²) in [5.74, 6) is -1.28. The van der Waals surface area contributed by atoms with Crippen LogP contribution in [0.4, 0.5) is 0 Å². The van der Waals surface area contributed by atoms with Gasteiger partial charge in [0, 0.05) is 6.42 Å². The van der Waals surface area contributed by atoms with E-state index in [1.807, 2.05) is 0 Å². The highest BCUT2D eigenvalue weighted by atomic mass is 16.2. The number of Topliss-reactive ketones (excluding diaryl/α,β-unsaturated/α-hetero) is 2. The summed E-state index contributed by atoms with van der Waals surface area (Å²) in [5, 5.41) is 0. The summed E-state index contributed by atoms with van der Waals surface area (Å²) in [6.45, 7) is 6.57. The Morgan fingerprint density at radius 1 is 0.386 bits per heavy atom. The lowest BCUT2D eigenvalue weighted by Crippen LogP contribution is -2.31. The van der Waals surface area contributed by atoms with E-state index >= 15 is 0 Å². The minimum atomic E-state index is -0.643. The Morgan fingerprint density at radius 3 is 1.18 bits per heavy atom. The summed E-state index contributed by atoms with van der Waals surface area (Å²) in [7, 11) is 0. The van der Waals surface area contributed by atoms with Gasteiger partial charge in [-0.05, 0) is 109 Å². The Bertz CT molecular complexity index is 1120. The van der Waals surface area contributed by atoms with Crippen molar-refractivity contribution in [2.75, 3.05) is 0 Å². The highest BCUT2D eigenvalue weighted by Crippen LogP contribution is 2.23. The van der Waals surface area contributed by atoms with Crippen LogP contribution in [0.15, 0.2) is 85.1 Å². The van der Waals surface area contributed by atoms with Gasteiger partial charge in [0.25, 0.3) is 0 Å². The fourth-order valence-corrected chi connectivity index (χ4v) is 7.14. The number of unbranched alkanes of at least 4 members (excludes halogenated alkanes) is 19. The summed E-state index contributed by atoms with van der Waals surface area (Å²) in [4.78, 5) is 39.4. The van der Waals surface area contributed by atoms with Gasteiger partial charge in [0.2, 0.25) is 0 Å². The zero-order valence-corrected chi connectivity index (χ0v) is 37.7. The van der Waals surface area contributed by atoms with Gasteiger partial charge in [0.05, 0.1) is 11.8 Å². The van der Waals surface area contributed by atoms with Crippen molar-refractivity contribution in [3.05, 3.63) is 85.1 Å². The second-order valence-corrected chi connectivity index (χ2v) is 16.1. The number of carbonyl (C=O) groups is 3. The molecule has 0 aromatic rings. The molecule has 0 heterocycles. The molecule has 0 aliphatic heterocycles. The van der Waals surface area contributed by atoms with E-state index in [1.54, 1.807) is 0 Å². The van der Waals surface area contributed by atoms with Gasteiger partial charge >= 0.3 is 0 Å². The molecule has 0 radical (unpaired) electrons. The van der Waals surface area contributed by atoms with E-state index in [4.69, 9.17) is 0 Å². The van der Waals surface area contributed by atoms with Crippen LogP contribution in [0.25, 0.3) is 0 Å². The van der Waals surface area contributed by atoms with Gasteiger partial charge in [-0.15, -0.1) is 0 Å². The van der Waals surface area contributed by atoms with Crippen LogP contribution in [0.3, 0.4) is 0 Å². The standard InChI is InChI=1S/C54H90O3/c1-4-7-10-13-16-19-22-25-28-31-34-37-40-43-46-49-53(56)52(48-45-42-39-36-33-30-27-24-21-18-15-12-9-6-3)54(57)51(50-55)47-44-41-38-35-32-29-26-23-20-17-14-11-8-5-2/h8-9,11-12,17-22,26-27,29-30,50-52H,4-7,10,13-16,23-25,28,31-49H2,1-3H3. The molecule has 0 aromatic heterocycles. The molecule has 0 bridgehead atoms. The first-order chi connectivity index (χ1) is 28.1. The lowest BCUT2D eigenvalue weighted by Gasteiger charge is -2.19. The maximum atomic E-state index is 13.7. The highest BCUT2D eigenvalue weighted by Gasteiger charge is 2.31. The second kappa shape index (κ2) is 45.9. The van der Waals surface area contributed by atoms with Crippen molar-refractivity contribution in [3.63, 3.8) is 0 Å². The monoisotopic (exact) mass is 787 g/mol. The van der Waals surface area contributed by atoms with Crippen molar-refractivity contribution in [1.82, 2.24) is 0 Å². The molecule has 0 spiro atoms. The highest BCUT2D eigenvalue weighted by molar-refractivity contribution is 6.07. The fourth-order valence-electron chi connectivity index (χ4n) is 7.14. The van der Waals surface area contributed by atoms with E-state index in [2.05, 4.69) is 106 Å². The summed E-state index contributed by atoms with van der Waals surface area (Å²) >= 11 is 0. The molecule has 2 atom stereocenters. The molecule has 3 heteroatoms. The van der Waals surface area contributed by atoms with Crippen LogP contribution in [0.1, 0.15) is 226 Å². The number of ketones is 2. The van der Waals surface area contributed by atoms with Crippen LogP contribution in [0.2, 0.25) is 0 Å². The van der Waals surface area contributed by atoms with Gasteiger partial charge in [0.15, 0.2) is 5.78 Å². The average Bonchev–Trinajstić information content (AvgIpc) is 3.22. The number of aldehydes is 1. The van der Waals surface area contributed by atoms with E-state index in [0.717, 1.165) is 128 Å². The summed E-state index contributed by atoms with van der Waals surface area (Å²) in [6.07, 6.45) is 66.3. The van der Waals surface area contributed by atoms with Gasteiger partial charge in [-0.1, -0.05) is 196 Å². The maximum Gasteiger partial charge on any atom is 0.153 e. The number of hydrogen-bond acceptors (Lipinski definition) is 3. The maximum absolute atomic E-state index is 13.7. The van der Waals surface area contributed by atoms with Gasteiger partial charge in [-0.2, -0.15) is 0 Å². The molecule has 0 aromatic carbocycles. The van der Waals surface area contributed by atoms with Crippen LogP contribution in [0.5, 0.6) is 0 Å². The third-order valence-electron chi connectivity index (χ3n) is 10.8. The van der Waals surface area contributed by atoms with Gasteiger partial charge < -0.3 is 4.79 Å². The minimum Gasteiger partial charge on any atom is -0.303 e. The second-order valence-electron chi connectivity index (χ2n) is 16.1. The topological polar surface area (TPSA) is 51.2 Å². The summed E-state index contributed by atoms with van der Waals surface area (Å²) in [5.41, 5.74) is 0. The Hall–Kier alpha value is -2.81. The SMILES string of the molecule is CCC=CCC=CCC=CCCCCCCC(C=O)C(=O)C(CCCCCCC=CCC=CCC=CCC)C(=O)CCCCCCCCCC=CCCCCCC. The molecular formula is C54H90O3. The largest absolute Gasteiger partial charge is 0.303 e. The van der Waals surface area contributed by atoms with Crippen LogP contribution in [-0.4, -0.2) is 17.9 Å². The first-order valence-corrected chi connectivity index (χ1v) is 24.2. The first kappa shape index (κ1) is 54.2. The predicted molar refractivity (Wildman–Crippen MR) is 252 cm³/mol. The zero-order valence-electron chi connectivity index (χ0n) is 37.7. The number of rotatable bonds is 43. The lowest BCUT2D eigenvalue weighted by molar-refractivity contribution is -0.137. The minimum absolute atomic E-state index is 0.0774. The fraction of sp³-hybridized carbons (Fsp3) is 0.685. The Kier molecular flexibility index (Phi) is 43.6. The molecule has 0 N–H and O–H groups in total. The summed E-state index contributed by atoms with van der Waals surface area (Å²) in [6, 6.07) is 0. The van der Waals surface area contributed by atoms with Crippen molar-refractivity contribution >= 4 is 17.9 Å². The number of hydrogen-bond donors (Lipinski definition) is 0. The van der Waals surface area contributed by atoms with Crippen molar-refractivity contribution in [2.45, 2.75) is 226 Å². The lowest BCUT2D eigenvalue weighted by atomic mass is 9.82. The number of allylic oxidation sites excluding steroid dienone is 14. The molecule has 0 saturated heterocycles. The molecule has 57 heavy (non-hydrogen) atoms. The molecule has 0 rings (SSSR count). The van der Waals surface area contributed by atoms with Crippen molar-refractivity contribution < 1.29 is 14.4 Å². The van der Waals surface area contributed by atoms with Gasteiger partial charge in [0.1, 0.15) is 12.1 Å².